The molecule has 0 aromatic heterocycles. The quantitative estimate of drug-likeness (QED) is 0.866. The fourth-order valence-corrected chi connectivity index (χ4v) is 3.16. The van der Waals surface area contributed by atoms with E-state index < -0.39 is 0 Å². The van der Waals surface area contributed by atoms with Gasteiger partial charge in [0.2, 0.25) is 5.91 Å². The third-order valence-corrected chi connectivity index (χ3v) is 4.57. The first-order valence-electron chi connectivity index (χ1n) is 6.05. The minimum Gasteiger partial charge on any atom is -0.351 e. The Hall–Kier alpha value is -0.710. The minimum atomic E-state index is -0.0220. The van der Waals surface area contributed by atoms with Gasteiger partial charge in [0.05, 0.1) is 6.04 Å². The summed E-state index contributed by atoms with van der Waals surface area (Å²) in [6.45, 7) is 0.494. The van der Waals surface area contributed by atoms with E-state index in [-0.39, 0.29) is 11.9 Å². The number of benzene rings is 1. The molecule has 3 nitrogen and oxygen atoms in total. The lowest BCUT2D eigenvalue weighted by molar-refractivity contribution is -0.124. The molecule has 1 atom stereocenters. The molecule has 1 heterocycles. The van der Waals surface area contributed by atoms with E-state index in [9.17, 15) is 4.79 Å². The third kappa shape index (κ3) is 3.40. The van der Waals surface area contributed by atoms with Crippen LogP contribution in [0.1, 0.15) is 18.4 Å². The number of amides is 1. The number of nitrogens with one attached hydrogen (secondary N) is 1. The molecule has 1 unspecified atom stereocenters. The SMILES string of the molecule is CN1SCCCC1C(=O)NCc1ccccc1Cl. The first-order valence-corrected chi connectivity index (χ1v) is 7.37. The highest BCUT2D eigenvalue weighted by atomic mass is 35.5. The second kappa shape index (κ2) is 6.45. The molecule has 0 bridgehead atoms. The van der Waals surface area contributed by atoms with Crippen molar-refractivity contribution < 1.29 is 4.79 Å². The van der Waals surface area contributed by atoms with Gasteiger partial charge in [0.25, 0.3) is 0 Å². The Morgan fingerprint density at radius 1 is 1.56 bits per heavy atom. The van der Waals surface area contributed by atoms with Crippen molar-refractivity contribution in [1.82, 2.24) is 9.62 Å². The summed E-state index contributed by atoms with van der Waals surface area (Å²) < 4.78 is 2.05. The molecule has 1 amide bonds. The Labute approximate surface area is 117 Å². The van der Waals surface area contributed by atoms with Gasteiger partial charge in [-0.25, -0.2) is 4.31 Å². The van der Waals surface area contributed by atoms with Crippen LogP contribution in [0.15, 0.2) is 24.3 Å². The lowest BCUT2D eigenvalue weighted by atomic mass is 10.1. The van der Waals surface area contributed by atoms with Crippen molar-refractivity contribution in [2.45, 2.75) is 25.4 Å². The molecule has 18 heavy (non-hydrogen) atoms. The number of hydrogen-bond acceptors (Lipinski definition) is 3. The van der Waals surface area contributed by atoms with Gasteiger partial charge in [-0.2, -0.15) is 0 Å². The molecule has 1 aliphatic heterocycles. The molecule has 1 fully saturated rings. The predicted molar refractivity (Wildman–Crippen MR) is 76.5 cm³/mol. The number of carbonyl (C=O) groups is 1. The standard InChI is InChI=1S/C13H17ClN2OS/c1-16-12(7-4-8-18-16)13(17)15-9-10-5-2-3-6-11(10)14/h2-3,5-6,12H,4,7-9H2,1H3,(H,15,17). The number of hydrogen-bond donors (Lipinski definition) is 1. The molecule has 0 saturated carbocycles. The van der Waals surface area contributed by atoms with Crippen LogP contribution in [0.2, 0.25) is 5.02 Å². The van der Waals surface area contributed by atoms with E-state index in [1.807, 2.05) is 35.6 Å². The molecule has 2 rings (SSSR count). The Balaban J connectivity index is 1.90. The fourth-order valence-electron chi connectivity index (χ4n) is 2.00. The van der Waals surface area contributed by atoms with Crippen molar-refractivity contribution in [1.29, 1.82) is 0 Å². The molecule has 1 saturated heterocycles. The topological polar surface area (TPSA) is 32.3 Å². The third-order valence-electron chi connectivity index (χ3n) is 3.07. The molecule has 0 aliphatic carbocycles. The van der Waals surface area contributed by atoms with Crippen LogP contribution >= 0.6 is 23.5 Å². The Kier molecular flexibility index (Phi) is 4.92. The van der Waals surface area contributed by atoms with E-state index in [2.05, 4.69) is 5.32 Å². The van der Waals surface area contributed by atoms with E-state index in [1.54, 1.807) is 11.9 Å². The minimum absolute atomic E-state index is 0.0220. The van der Waals surface area contributed by atoms with E-state index in [0.717, 1.165) is 24.2 Å². The van der Waals surface area contributed by atoms with Gasteiger partial charge in [0.15, 0.2) is 0 Å². The molecule has 0 radical (unpaired) electrons. The van der Waals surface area contributed by atoms with Crippen LogP contribution in [0, 0.1) is 0 Å². The van der Waals surface area contributed by atoms with Gasteiger partial charge in [-0.1, -0.05) is 41.7 Å². The lowest BCUT2D eigenvalue weighted by Crippen LogP contribution is -2.44. The van der Waals surface area contributed by atoms with Crippen molar-refractivity contribution in [3.8, 4) is 0 Å². The molecule has 1 N–H and O–H groups in total. The molecule has 0 spiro atoms. The fraction of sp³-hybridized carbons (Fsp3) is 0.462. The highest BCUT2D eigenvalue weighted by Crippen LogP contribution is 2.23. The van der Waals surface area contributed by atoms with E-state index >= 15 is 0 Å². The number of likely N-dealkylation sites (N-methyl/N-ethyl adjacent to an activating group) is 1. The molecule has 1 aromatic rings. The van der Waals surface area contributed by atoms with Gasteiger partial charge in [0.1, 0.15) is 0 Å². The van der Waals surface area contributed by atoms with Crippen LogP contribution in [0.4, 0.5) is 0 Å². The normalized spacial score (nSPS) is 20.7. The van der Waals surface area contributed by atoms with Crippen molar-refractivity contribution >= 4 is 29.5 Å². The average Bonchev–Trinajstić information content (AvgIpc) is 2.38. The summed E-state index contributed by atoms with van der Waals surface area (Å²) in [4.78, 5) is 12.1. The van der Waals surface area contributed by atoms with Crippen molar-refractivity contribution in [2.75, 3.05) is 12.8 Å². The van der Waals surface area contributed by atoms with E-state index in [0.29, 0.717) is 11.6 Å². The van der Waals surface area contributed by atoms with Gasteiger partial charge < -0.3 is 5.32 Å². The molecule has 1 aromatic carbocycles. The van der Waals surface area contributed by atoms with Crippen LogP contribution in [0.3, 0.4) is 0 Å². The molecular weight excluding hydrogens is 268 g/mol. The van der Waals surface area contributed by atoms with Gasteiger partial charge in [-0.15, -0.1) is 0 Å². The zero-order chi connectivity index (χ0) is 13.0. The summed E-state index contributed by atoms with van der Waals surface area (Å²) in [5.41, 5.74) is 0.957. The summed E-state index contributed by atoms with van der Waals surface area (Å²) in [5.74, 6) is 1.19. The largest absolute Gasteiger partial charge is 0.351 e. The molecular formula is C13H17ClN2OS. The average molecular weight is 285 g/mol. The second-order valence-corrected chi connectivity index (χ2v) is 6.00. The number of nitrogens with zero attached hydrogens (tertiary/aromatic N) is 1. The number of carbonyl (C=O) groups excluding carboxylic acids is 1. The summed E-state index contributed by atoms with van der Waals surface area (Å²) in [6.07, 6.45) is 2.02. The zero-order valence-corrected chi connectivity index (χ0v) is 11.9. The molecule has 5 heteroatoms. The Bertz CT molecular complexity index is 427. The van der Waals surface area contributed by atoms with Gasteiger partial charge >= 0.3 is 0 Å². The summed E-state index contributed by atoms with van der Waals surface area (Å²) in [7, 11) is 1.98. The van der Waals surface area contributed by atoms with Crippen LogP contribution in [-0.4, -0.2) is 29.1 Å². The molecule has 1 aliphatic rings. The van der Waals surface area contributed by atoms with E-state index in [1.165, 1.54) is 0 Å². The van der Waals surface area contributed by atoms with Crippen LogP contribution in [-0.2, 0) is 11.3 Å². The monoisotopic (exact) mass is 284 g/mol. The van der Waals surface area contributed by atoms with Gasteiger partial charge in [-0.3, -0.25) is 4.79 Å². The van der Waals surface area contributed by atoms with Crippen LogP contribution in [0.25, 0.3) is 0 Å². The maximum absolute atomic E-state index is 12.1. The summed E-state index contributed by atoms with van der Waals surface area (Å²) in [5, 5.41) is 3.66. The number of rotatable bonds is 3. The van der Waals surface area contributed by atoms with Crippen molar-refractivity contribution in [3.63, 3.8) is 0 Å². The first-order chi connectivity index (χ1) is 8.68. The number of halogens is 1. The van der Waals surface area contributed by atoms with E-state index in [4.69, 9.17) is 11.6 Å². The van der Waals surface area contributed by atoms with Crippen molar-refractivity contribution in [3.05, 3.63) is 34.9 Å². The van der Waals surface area contributed by atoms with Crippen LogP contribution in [0.5, 0.6) is 0 Å². The highest BCUT2D eigenvalue weighted by molar-refractivity contribution is 7.97. The predicted octanol–water partition coefficient (Wildman–Crippen LogP) is 2.70. The maximum atomic E-state index is 12.1. The Morgan fingerprint density at radius 2 is 2.33 bits per heavy atom. The van der Waals surface area contributed by atoms with Crippen molar-refractivity contribution in [2.24, 2.45) is 0 Å². The Morgan fingerprint density at radius 3 is 3.06 bits per heavy atom. The second-order valence-electron chi connectivity index (χ2n) is 4.35. The van der Waals surface area contributed by atoms with Gasteiger partial charge in [-0.05, 0) is 31.5 Å². The maximum Gasteiger partial charge on any atom is 0.238 e. The summed E-state index contributed by atoms with van der Waals surface area (Å²) in [6, 6.07) is 7.56. The zero-order valence-electron chi connectivity index (χ0n) is 10.4. The first kappa shape index (κ1) is 13.7. The van der Waals surface area contributed by atoms with Gasteiger partial charge in [0, 0.05) is 17.3 Å². The summed E-state index contributed by atoms with van der Waals surface area (Å²) >= 11 is 7.78. The lowest BCUT2D eigenvalue weighted by Gasteiger charge is -2.30. The van der Waals surface area contributed by atoms with Crippen LogP contribution < -0.4 is 5.32 Å². The molecule has 98 valence electrons. The highest BCUT2D eigenvalue weighted by Gasteiger charge is 2.26. The smallest absolute Gasteiger partial charge is 0.238 e.